The molecule has 1 aromatic heterocycles. The van der Waals surface area contributed by atoms with Crippen molar-refractivity contribution in [2.45, 2.75) is 13.2 Å². The van der Waals surface area contributed by atoms with Gasteiger partial charge in [0, 0.05) is 5.56 Å². The molecule has 26 heavy (non-hydrogen) atoms. The summed E-state index contributed by atoms with van der Waals surface area (Å²) in [6, 6.07) is 20.0. The lowest BCUT2D eigenvalue weighted by Gasteiger charge is -2.15. The average Bonchev–Trinajstić information content (AvgIpc) is 2.96. The number of hydrogen-bond acceptors (Lipinski definition) is 3. The number of quaternary nitrogens is 1. The molecule has 1 atom stereocenters. The molecule has 5 nitrogen and oxygen atoms in total. The number of fused-ring (bicyclic) bond motifs is 2. The van der Waals surface area contributed by atoms with E-state index in [4.69, 9.17) is 9.15 Å². The molecule has 0 amide bonds. The minimum absolute atomic E-state index is 0.309. The van der Waals surface area contributed by atoms with Crippen LogP contribution in [0.3, 0.4) is 0 Å². The van der Waals surface area contributed by atoms with E-state index in [1.165, 1.54) is 15.8 Å². The van der Waals surface area contributed by atoms with Gasteiger partial charge >= 0.3 is 5.76 Å². The molecule has 4 rings (SSSR count). The monoisotopic (exact) mass is 349 g/mol. The number of para-hydroxylation sites is 2. The first kappa shape index (κ1) is 16.4. The second kappa shape index (κ2) is 6.69. The third-order valence-corrected chi connectivity index (χ3v) is 4.62. The van der Waals surface area contributed by atoms with Crippen molar-refractivity contribution >= 4 is 21.9 Å². The Bertz CT molecular complexity index is 1130. The molecule has 132 valence electrons. The van der Waals surface area contributed by atoms with Gasteiger partial charge in [-0.1, -0.05) is 30.3 Å². The van der Waals surface area contributed by atoms with Gasteiger partial charge in [-0.2, -0.15) is 0 Å². The van der Waals surface area contributed by atoms with Crippen molar-refractivity contribution in [3.63, 3.8) is 0 Å². The molecule has 0 saturated heterocycles. The summed E-state index contributed by atoms with van der Waals surface area (Å²) in [5.41, 5.74) is 2.69. The van der Waals surface area contributed by atoms with Crippen LogP contribution >= 0.6 is 0 Å². The zero-order valence-corrected chi connectivity index (χ0v) is 14.9. The topological polar surface area (TPSA) is 48.8 Å². The minimum atomic E-state index is -0.309. The molecular formula is C21H21N2O3+. The van der Waals surface area contributed by atoms with Crippen LogP contribution in [0.25, 0.3) is 21.9 Å². The van der Waals surface area contributed by atoms with Gasteiger partial charge in [0.05, 0.1) is 19.7 Å². The summed E-state index contributed by atoms with van der Waals surface area (Å²) in [5, 5.41) is 2.34. The summed E-state index contributed by atoms with van der Waals surface area (Å²) in [4.78, 5) is 13.3. The lowest BCUT2D eigenvalue weighted by atomic mass is 10.1. The summed E-state index contributed by atoms with van der Waals surface area (Å²) in [6.07, 6.45) is 0. The number of ether oxygens (including phenoxy) is 1. The Hall–Kier alpha value is -3.05. The fourth-order valence-corrected chi connectivity index (χ4v) is 3.35. The Kier molecular flexibility index (Phi) is 4.22. The van der Waals surface area contributed by atoms with Crippen LogP contribution in [0.2, 0.25) is 0 Å². The van der Waals surface area contributed by atoms with Crippen molar-refractivity contribution in [2.24, 2.45) is 0 Å². The summed E-state index contributed by atoms with van der Waals surface area (Å²) < 4.78 is 12.3. The number of aromatic nitrogens is 1. The van der Waals surface area contributed by atoms with Gasteiger partial charge in [-0.15, -0.1) is 0 Å². The number of nitrogens with zero attached hydrogens (tertiary/aromatic N) is 1. The van der Waals surface area contributed by atoms with Gasteiger partial charge in [-0.05, 0) is 41.1 Å². The van der Waals surface area contributed by atoms with E-state index in [-0.39, 0.29) is 5.76 Å². The maximum atomic E-state index is 12.1. The van der Waals surface area contributed by atoms with Crippen molar-refractivity contribution in [3.05, 3.63) is 76.8 Å². The normalized spacial score (nSPS) is 12.5. The smallest absolute Gasteiger partial charge is 0.424 e. The lowest BCUT2D eigenvalue weighted by Crippen LogP contribution is -3.07. The first-order valence-electron chi connectivity index (χ1n) is 8.60. The van der Waals surface area contributed by atoms with Crippen LogP contribution in [0.5, 0.6) is 5.75 Å². The third kappa shape index (κ3) is 3.09. The fraction of sp³-hybridized carbons (Fsp3) is 0.190. The zero-order valence-electron chi connectivity index (χ0n) is 14.9. The molecule has 1 unspecified atom stereocenters. The number of nitrogens with one attached hydrogen (secondary N) is 1. The molecule has 0 radical (unpaired) electrons. The van der Waals surface area contributed by atoms with E-state index in [9.17, 15) is 4.79 Å². The van der Waals surface area contributed by atoms with Gasteiger partial charge in [0.1, 0.15) is 12.3 Å². The maximum absolute atomic E-state index is 12.1. The summed E-state index contributed by atoms with van der Waals surface area (Å²) in [7, 11) is 3.75. The number of rotatable bonds is 5. The molecule has 0 spiro atoms. The third-order valence-electron chi connectivity index (χ3n) is 4.62. The van der Waals surface area contributed by atoms with E-state index in [1.54, 1.807) is 11.7 Å². The summed E-state index contributed by atoms with van der Waals surface area (Å²) >= 11 is 0. The van der Waals surface area contributed by atoms with Gasteiger partial charge in [0.25, 0.3) is 0 Å². The minimum Gasteiger partial charge on any atom is -0.497 e. The quantitative estimate of drug-likeness (QED) is 0.602. The van der Waals surface area contributed by atoms with Gasteiger partial charge in [-0.25, -0.2) is 9.36 Å². The highest BCUT2D eigenvalue weighted by atomic mass is 16.5. The van der Waals surface area contributed by atoms with Gasteiger partial charge < -0.3 is 14.1 Å². The Morgan fingerprint density at radius 1 is 1.04 bits per heavy atom. The number of methoxy groups -OCH3 is 1. The summed E-state index contributed by atoms with van der Waals surface area (Å²) in [5.74, 6) is 0.551. The van der Waals surface area contributed by atoms with Crippen LogP contribution in [0, 0.1) is 0 Å². The molecule has 0 fully saturated rings. The van der Waals surface area contributed by atoms with Gasteiger partial charge in [0.2, 0.25) is 0 Å². The van der Waals surface area contributed by atoms with Crippen molar-refractivity contribution in [2.75, 3.05) is 14.2 Å². The molecule has 0 saturated carbocycles. The highest BCUT2D eigenvalue weighted by molar-refractivity contribution is 5.84. The zero-order chi connectivity index (χ0) is 18.1. The second-order valence-electron chi connectivity index (χ2n) is 6.60. The Labute approximate surface area is 151 Å². The molecule has 0 aliphatic heterocycles. The molecule has 0 bridgehead atoms. The Balaban J connectivity index is 1.56. The number of benzene rings is 3. The SMILES string of the molecule is COc1ccc2cc(C[NH+](C)Cn3c(=O)oc4ccccc43)ccc2c1. The van der Waals surface area contributed by atoms with Crippen molar-refractivity contribution in [3.8, 4) is 5.75 Å². The van der Waals surface area contributed by atoms with E-state index < -0.39 is 0 Å². The Morgan fingerprint density at radius 3 is 2.65 bits per heavy atom. The second-order valence-corrected chi connectivity index (χ2v) is 6.60. The van der Waals surface area contributed by atoms with E-state index in [1.807, 2.05) is 36.4 Å². The molecule has 5 heteroatoms. The van der Waals surface area contributed by atoms with Crippen molar-refractivity contribution < 1.29 is 14.1 Å². The van der Waals surface area contributed by atoms with Crippen LogP contribution in [-0.2, 0) is 13.2 Å². The molecule has 0 aliphatic carbocycles. The number of hydrogen-bond donors (Lipinski definition) is 1. The van der Waals surface area contributed by atoms with Crippen LogP contribution < -0.4 is 15.4 Å². The fourth-order valence-electron chi connectivity index (χ4n) is 3.35. The highest BCUT2D eigenvalue weighted by Crippen LogP contribution is 2.21. The number of oxazole rings is 1. The molecular weight excluding hydrogens is 328 g/mol. The van der Waals surface area contributed by atoms with E-state index >= 15 is 0 Å². The maximum Gasteiger partial charge on any atom is 0.424 e. The van der Waals surface area contributed by atoms with Crippen molar-refractivity contribution in [1.29, 1.82) is 0 Å². The average molecular weight is 349 g/mol. The molecule has 4 aromatic rings. The molecule has 3 aromatic carbocycles. The van der Waals surface area contributed by atoms with E-state index in [0.29, 0.717) is 12.3 Å². The van der Waals surface area contributed by atoms with Crippen LogP contribution in [0.1, 0.15) is 5.56 Å². The van der Waals surface area contributed by atoms with Crippen LogP contribution in [0.4, 0.5) is 0 Å². The predicted octanol–water partition coefficient (Wildman–Crippen LogP) is 2.43. The molecule has 1 heterocycles. The first-order chi connectivity index (χ1) is 12.6. The Morgan fingerprint density at radius 2 is 1.81 bits per heavy atom. The largest absolute Gasteiger partial charge is 0.497 e. The molecule has 1 N–H and O–H groups in total. The van der Waals surface area contributed by atoms with Crippen LogP contribution in [0.15, 0.2) is 69.9 Å². The van der Waals surface area contributed by atoms with Gasteiger partial charge in [-0.3, -0.25) is 0 Å². The van der Waals surface area contributed by atoms with E-state index in [0.717, 1.165) is 23.2 Å². The van der Waals surface area contributed by atoms with Gasteiger partial charge in [0.15, 0.2) is 12.3 Å². The first-order valence-corrected chi connectivity index (χ1v) is 8.60. The van der Waals surface area contributed by atoms with E-state index in [2.05, 4.69) is 31.3 Å². The van der Waals surface area contributed by atoms with Crippen LogP contribution in [-0.4, -0.2) is 18.7 Å². The lowest BCUT2D eigenvalue weighted by molar-refractivity contribution is -0.916. The standard InChI is InChI=1S/C21H20N2O3/c1-22(14-23-19-5-3-4-6-20(19)26-21(23)24)13-15-7-8-17-12-18(25-2)10-9-16(17)11-15/h3-12H,13-14H2,1-2H3/p+1. The molecule has 0 aliphatic rings. The highest BCUT2D eigenvalue weighted by Gasteiger charge is 2.13. The van der Waals surface area contributed by atoms with Crippen molar-refractivity contribution in [1.82, 2.24) is 4.57 Å². The summed E-state index contributed by atoms with van der Waals surface area (Å²) in [6.45, 7) is 1.37. The predicted molar refractivity (Wildman–Crippen MR) is 102 cm³/mol.